The van der Waals surface area contributed by atoms with Crippen molar-refractivity contribution >= 4 is 28.9 Å². The Labute approximate surface area is 145 Å². The number of amidine groups is 1. The van der Waals surface area contributed by atoms with Crippen molar-refractivity contribution in [3.05, 3.63) is 46.2 Å². The van der Waals surface area contributed by atoms with Crippen molar-refractivity contribution in [2.45, 2.75) is 32.1 Å². The van der Waals surface area contributed by atoms with E-state index in [1.807, 2.05) is 31.2 Å². The lowest BCUT2D eigenvalue weighted by Crippen LogP contribution is -2.46. The van der Waals surface area contributed by atoms with Crippen molar-refractivity contribution in [2.75, 3.05) is 7.05 Å². The second-order valence-electron chi connectivity index (χ2n) is 6.65. The number of nitrogens with one attached hydrogen (secondary N) is 1. The Kier molecular flexibility index (Phi) is 4.13. The number of thiophene rings is 1. The van der Waals surface area contributed by atoms with Crippen LogP contribution in [0, 0.1) is 5.41 Å². The summed E-state index contributed by atoms with van der Waals surface area (Å²) in [6, 6.07) is 9.69. The maximum Gasteiger partial charge on any atom is 0.228 e. The van der Waals surface area contributed by atoms with Crippen molar-refractivity contribution in [1.29, 1.82) is 5.41 Å². The minimum Gasteiger partial charge on any atom is -0.304 e. The molecule has 0 saturated carbocycles. The monoisotopic (exact) mass is 340 g/mol. The Morgan fingerprint density at radius 1 is 1.25 bits per heavy atom. The Morgan fingerprint density at radius 2 is 2.00 bits per heavy atom. The molecular formula is C19H20N2O2S. The predicted octanol–water partition coefficient (Wildman–Crippen LogP) is 4.10. The highest BCUT2D eigenvalue weighted by atomic mass is 32.1. The van der Waals surface area contributed by atoms with Gasteiger partial charge in [-0.1, -0.05) is 25.1 Å². The number of Topliss-reactive ketones (excluding diaryl/α,β-unsaturated/α-hetero) is 1. The molecule has 124 valence electrons. The molecule has 3 rings (SSSR count). The van der Waals surface area contributed by atoms with Gasteiger partial charge < -0.3 is 4.90 Å². The number of amides is 1. The topological polar surface area (TPSA) is 61.2 Å². The van der Waals surface area contributed by atoms with E-state index in [9.17, 15) is 9.59 Å². The molecule has 2 aromatic rings. The van der Waals surface area contributed by atoms with Crippen LogP contribution >= 0.6 is 11.3 Å². The van der Waals surface area contributed by atoms with Gasteiger partial charge in [0.1, 0.15) is 5.84 Å². The normalized spacial score (nSPS) is 21.2. The highest BCUT2D eigenvalue weighted by Crippen LogP contribution is 2.41. The minimum absolute atomic E-state index is 0.0118. The van der Waals surface area contributed by atoms with Gasteiger partial charge >= 0.3 is 0 Å². The second kappa shape index (κ2) is 5.98. The number of hydrogen-bond acceptors (Lipinski definition) is 4. The van der Waals surface area contributed by atoms with E-state index < -0.39 is 0 Å². The largest absolute Gasteiger partial charge is 0.304 e. The summed E-state index contributed by atoms with van der Waals surface area (Å²) in [7, 11) is 1.66. The number of hydrogen-bond donors (Lipinski definition) is 1. The van der Waals surface area contributed by atoms with Gasteiger partial charge in [0.05, 0.1) is 0 Å². The first-order chi connectivity index (χ1) is 11.3. The molecule has 1 amide bonds. The van der Waals surface area contributed by atoms with Gasteiger partial charge in [0.2, 0.25) is 5.91 Å². The summed E-state index contributed by atoms with van der Waals surface area (Å²) in [5.41, 5.74) is 2.42. The van der Waals surface area contributed by atoms with Crippen LogP contribution < -0.4 is 0 Å². The van der Waals surface area contributed by atoms with Crippen LogP contribution in [0.5, 0.6) is 0 Å². The number of ketones is 1. The quantitative estimate of drug-likeness (QED) is 0.855. The molecular weight excluding hydrogens is 320 g/mol. The lowest BCUT2D eigenvalue weighted by Gasteiger charge is -2.36. The Balaban J connectivity index is 1.93. The SMILES string of the molecule is CC(=O)c1cccc(-c2csc([C@@]3(C)CC(=N)N(C)C(=O)C3)c2)c1. The van der Waals surface area contributed by atoms with E-state index in [0.29, 0.717) is 24.2 Å². The Bertz CT molecular complexity index is 819. The zero-order valence-corrected chi connectivity index (χ0v) is 14.9. The number of carbonyl (C=O) groups excluding carboxylic acids is 2. The fourth-order valence-electron chi connectivity index (χ4n) is 3.05. The molecule has 1 aromatic carbocycles. The lowest BCUT2D eigenvalue weighted by molar-refractivity contribution is -0.128. The molecule has 0 spiro atoms. The molecule has 1 aromatic heterocycles. The summed E-state index contributed by atoms with van der Waals surface area (Å²) in [5, 5.41) is 10.1. The molecule has 0 aliphatic carbocycles. The Hall–Kier alpha value is -2.27. The van der Waals surface area contributed by atoms with Gasteiger partial charge in [-0.05, 0) is 35.6 Å². The van der Waals surface area contributed by atoms with Crippen LogP contribution in [0.2, 0.25) is 0 Å². The van der Waals surface area contributed by atoms with Gasteiger partial charge in [-0.15, -0.1) is 11.3 Å². The first-order valence-electron chi connectivity index (χ1n) is 7.84. The summed E-state index contributed by atoms with van der Waals surface area (Å²) in [6.45, 7) is 3.61. The first kappa shape index (κ1) is 16.6. The predicted molar refractivity (Wildman–Crippen MR) is 96.8 cm³/mol. The van der Waals surface area contributed by atoms with Gasteiger partial charge in [0, 0.05) is 35.7 Å². The summed E-state index contributed by atoms with van der Waals surface area (Å²) < 4.78 is 0. The molecule has 1 fully saturated rings. The molecule has 5 heteroatoms. The summed E-state index contributed by atoms with van der Waals surface area (Å²) in [6.07, 6.45) is 0.974. The van der Waals surface area contributed by atoms with E-state index in [4.69, 9.17) is 5.41 Å². The van der Waals surface area contributed by atoms with Crippen LogP contribution in [0.3, 0.4) is 0 Å². The molecule has 0 bridgehead atoms. The van der Waals surface area contributed by atoms with Crippen LogP contribution in [-0.4, -0.2) is 29.5 Å². The maximum atomic E-state index is 12.1. The van der Waals surface area contributed by atoms with Gasteiger partial charge in [-0.2, -0.15) is 0 Å². The van der Waals surface area contributed by atoms with Crippen LogP contribution in [-0.2, 0) is 10.2 Å². The second-order valence-corrected chi connectivity index (χ2v) is 7.56. The molecule has 1 atom stereocenters. The molecule has 1 N–H and O–H groups in total. The fourth-order valence-corrected chi connectivity index (χ4v) is 4.13. The standard InChI is InChI=1S/C19H20N2O2S/c1-12(22)13-5-4-6-14(7-13)15-8-16(24-11-15)19(2)9-17(20)21(3)18(23)10-19/h4-8,11,20H,9-10H2,1-3H3/t19-/m0/s1. The van der Waals surface area contributed by atoms with Crippen molar-refractivity contribution < 1.29 is 9.59 Å². The van der Waals surface area contributed by atoms with Crippen molar-refractivity contribution in [3.8, 4) is 11.1 Å². The molecule has 1 aliphatic rings. The Morgan fingerprint density at radius 3 is 2.67 bits per heavy atom. The molecule has 2 heterocycles. The van der Waals surface area contributed by atoms with E-state index in [2.05, 4.69) is 11.4 Å². The van der Waals surface area contributed by atoms with Gasteiger partial charge in [-0.25, -0.2) is 0 Å². The van der Waals surface area contributed by atoms with E-state index in [0.717, 1.165) is 16.0 Å². The molecule has 0 radical (unpaired) electrons. The third-order valence-corrected chi connectivity index (χ3v) is 5.91. The lowest BCUT2D eigenvalue weighted by atomic mass is 9.78. The van der Waals surface area contributed by atoms with E-state index in [1.165, 1.54) is 4.90 Å². The zero-order valence-electron chi connectivity index (χ0n) is 14.1. The smallest absolute Gasteiger partial charge is 0.228 e. The summed E-state index contributed by atoms with van der Waals surface area (Å²) in [4.78, 5) is 26.3. The van der Waals surface area contributed by atoms with Crippen LogP contribution in [0.15, 0.2) is 35.7 Å². The molecule has 4 nitrogen and oxygen atoms in total. The van der Waals surface area contributed by atoms with Crippen molar-refractivity contribution in [1.82, 2.24) is 4.90 Å². The number of nitrogens with zero attached hydrogens (tertiary/aromatic N) is 1. The molecule has 1 aliphatic heterocycles. The van der Waals surface area contributed by atoms with Gasteiger partial charge in [-0.3, -0.25) is 15.0 Å². The van der Waals surface area contributed by atoms with Gasteiger partial charge in [0.25, 0.3) is 0 Å². The number of rotatable bonds is 3. The number of piperidine rings is 1. The average molecular weight is 340 g/mol. The highest BCUT2D eigenvalue weighted by molar-refractivity contribution is 7.10. The molecule has 24 heavy (non-hydrogen) atoms. The maximum absolute atomic E-state index is 12.1. The van der Waals surface area contributed by atoms with E-state index in [1.54, 1.807) is 25.3 Å². The number of benzene rings is 1. The number of likely N-dealkylation sites (tertiary alicyclic amines) is 1. The average Bonchev–Trinajstić information content (AvgIpc) is 3.03. The molecule has 0 unspecified atom stereocenters. The minimum atomic E-state index is -0.332. The van der Waals surface area contributed by atoms with E-state index >= 15 is 0 Å². The van der Waals surface area contributed by atoms with E-state index in [-0.39, 0.29) is 17.1 Å². The van der Waals surface area contributed by atoms with Crippen LogP contribution in [0.1, 0.15) is 41.9 Å². The van der Waals surface area contributed by atoms with Crippen LogP contribution in [0.4, 0.5) is 0 Å². The summed E-state index contributed by atoms with van der Waals surface area (Å²) >= 11 is 1.62. The first-order valence-corrected chi connectivity index (χ1v) is 8.72. The number of carbonyl (C=O) groups is 2. The fraction of sp³-hybridized carbons (Fsp3) is 0.316. The van der Waals surface area contributed by atoms with Crippen molar-refractivity contribution in [2.24, 2.45) is 0 Å². The summed E-state index contributed by atoms with van der Waals surface area (Å²) in [5.74, 6) is 0.401. The third kappa shape index (κ3) is 2.91. The highest BCUT2D eigenvalue weighted by Gasteiger charge is 2.39. The zero-order chi connectivity index (χ0) is 17.5. The molecule has 1 saturated heterocycles. The van der Waals surface area contributed by atoms with Crippen molar-refractivity contribution in [3.63, 3.8) is 0 Å². The van der Waals surface area contributed by atoms with Gasteiger partial charge in [0.15, 0.2) is 5.78 Å². The van der Waals surface area contributed by atoms with Crippen LogP contribution in [0.25, 0.3) is 11.1 Å². The third-order valence-electron chi connectivity index (χ3n) is 4.67.